The van der Waals surface area contributed by atoms with Gasteiger partial charge in [-0.05, 0) is 55.5 Å². The second-order valence-corrected chi connectivity index (χ2v) is 10.8. The standard InChI is InChI=1S/C24H33FO8S/c1-3-5-6-16-11-18(25)8-7-17(16)15-34(29,30)22-9-10-24(12-19(22)23(28)31-4-2)32-20(13-26)21(14-27)33-24/h7-8,11-12,20-22,26-27H,3-6,9-10,13-15H2,1-2H3/t20-,21-,22?/m0/s1. The number of benzene rings is 1. The van der Waals surface area contributed by atoms with Gasteiger partial charge in [-0.25, -0.2) is 17.6 Å². The van der Waals surface area contributed by atoms with Crippen LogP contribution in [0.3, 0.4) is 0 Å². The molecule has 0 bridgehead atoms. The van der Waals surface area contributed by atoms with Crippen LogP contribution >= 0.6 is 0 Å². The number of ether oxygens (including phenoxy) is 3. The van der Waals surface area contributed by atoms with Crippen molar-refractivity contribution in [2.24, 2.45) is 0 Å². The summed E-state index contributed by atoms with van der Waals surface area (Å²) in [5.41, 5.74) is 1.05. The van der Waals surface area contributed by atoms with Gasteiger partial charge in [0, 0.05) is 6.42 Å². The number of hydrogen-bond acceptors (Lipinski definition) is 8. The number of hydrogen-bond donors (Lipinski definition) is 2. The van der Waals surface area contributed by atoms with Crippen LogP contribution in [0.2, 0.25) is 0 Å². The third-order valence-corrected chi connectivity index (χ3v) is 8.29. The minimum Gasteiger partial charge on any atom is -0.463 e. The highest BCUT2D eigenvalue weighted by atomic mass is 32.2. The molecule has 10 heteroatoms. The SMILES string of the molecule is CCCCc1cc(F)ccc1CS(=O)(=O)C1CCC2(C=C1C(=O)OCC)O[C@@H](CO)[C@H](CO)O2. The van der Waals surface area contributed by atoms with E-state index in [1.807, 2.05) is 6.92 Å². The number of sulfone groups is 1. The van der Waals surface area contributed by atoms with E-state index in [0.29, 0.717) is 17.5 Å². The van der Waals surface area contributed by atoms with Crippen molar-refractivity contribution in [3.63, 3.8) is 0 Å². The number of esters is 1. The molecule has 190 valence electrons. The lowest BCUT2D eigenvalue weighted by molar-refractivity contribution is -0.154. The fraction of sp³-hybridized carbons (Fsp3) is 0.625. The zero-order valence-electron chi connectivity index (χ0n) is 19.5. The minimum absolute atomic E-state index is 0.0226. The molecule has 1 heterocycles. The molecular formula is C24H33FO8S. The molecule has 1 unspecified atom stereocenters. The maximum Gasteiger partial charge on any atom is 0.335 e. The Morgan fingerprint density at radius 1 is 1.18 bits per heavy atom. The molecule has 0 aromatic heterocycles. The number of aliphatic hydroxyl groups is 2. The molecule has 3 rings (SSSR count). The van der Waals surface area contributed by atoms with Gasteiger partial charge in [0.05, 0.1) is 36.4 Å². The van der Waals surface area contributed by atoms with Crippen molar-refractivity contribution in [1.29, 1.82) is 0 Å². The third-order valence-electron chi connectivity index (χ3n) is 6.22. The van der Waals surface area contributed by atoms with Crippen LogP contribution in [-0.4, -0.2) is 67.7 Å². The van der Waals surface area contributed by atoms with E-state index >= 15 is 0 Å². The van der Waals surface area contributed by atoms with E-state index in [-0.39, 0.29) is 30.8 Å². The van der Waals surface area contributed by atoms with Crippen LogP contribution in [0.1, 0.15) is 50.7 Å². The molecule has 0 saturated carbocycles. The Kier molecular flexibility index (Phi) is 8.86. The van der Waals surface area contributed by atoms with E-state index in [9.17, 15) is 27.8 Å². The van der Waals surface area contributed by atoms with Gasteiger partial charge in [0.1, 0.15) is 18.0 Å². The first kappa shape index (κ1) is 26.7. The summed E-state index contributed by atoms with van der Waals surface area (Å²) in [6.45, 7) is 2.87. The lowest BCUT2D eigenvalue weighted by Crippen LogP contribution is -2.41. The molecule has 0 radical (unpaired) electrons. The highest BCUT2D eigenvalue weighted by Crippen LogP contribution is 2.41. The summed E-state index contributed by atoms with van der Waals surface area (Å²) in [7, 11) is -3.90. The van der Waals surface area contributed by atoms with Crippen LogP contribution in [-0.2, 0) is 41.0 Å². The van der Waals surface area contributed by atoms with Crippen molar-refractivity contribution in [2.45, 2.75) is 74.9 Å². The van der Waals surface area contributed by atoms with E-state index in [1.54, 1.807) is 6.92 Å². The molecule has 1 fully saturated rings. The molecule has 1 aliphatic carbocycles. The van der Waals surface area contributed by atoms with Gasteiger partial charge >= 0.3 is 5.97 Å². The Morgan fingerprint density at radius 2 is 1.85 bits per heavy atom. The minimum atomic E-state index is -3.90. The molecule has 1 spiro atoms. The maximum atomic E-state index is 13.8. The topological polar surface area (TPSA) is 119 Å². The summed E-state index contributed by atoms with van der Waals surface area (Å²) in [6.07, 6.45) is 2.07. The normalized spacial score (nSPS) is 24.3. The van der Waals surface area contributed by atoms with Crippen molar-refractivity contribution in [2.75, 3.05) is 19.8 Å². The molecule has 1 aromatic rings. The smallest absolute Gasteiger partial charge is 0.335 e. The lowest BCUT2D eigenvalue weighted by atomic mass is 9.94. The van der Waals surface area contributed by atoms with E-state index in [1.165, 1.54) is 24.3 Å². The molecule has 3 atom stereocenters. The quantitative estimate of drug-likeness (QED) is 0.470. The van der Waals surface area contributed by atoms with Gasteiger partial charge in [-0.3, -0.25) is 0 Å². The molecular weight excluding hydrogens is 467 g/mol. The average Bonchev–Trinajstić information content (AvgIpc) is 3.16. The first-order valence-corrected chi connectivity index (χ1v) is 13.4. The van der Waals surface area contributed by atoms with Crippen LogP contribution in [0, 0.1) is 5.82 Å². The van der Waals surface area contributed by atoms with Gasteiger partial charge < -0.3 is 24.4 Å². The van der Waals surface area contributed by atoms with Gasteiger partial charge in [0.25, 0.3) is 0 Å². The Hall–Kier alpha value is -1.85. The third kappa shape index (κ3) is 5.85. The van der Waals surface area contributed by atoms with Crippen molar-refractivity contribution in [3.8, 4) is 0 Å². The van der Waals surface area contributed by atoms with Crippen LogP contribution < -0.4 is 0 Å². The van der Waals surface area contributed by atoms with E-state index in [2.05, 4.69) is 0 Å². The van der Waals surface area contributed by atoms with Gasteiger partial charge in [0.2, 0.25) is 0 Å². The van der Waals surface area contributed by atoms with Crippen molar-refractivity contribution in [3.05, 3.63) is 46.8 Å². The zero-order chi connectivity index (χ0) is 24.9. The number of unbranched alkanes of at least 4 members (excludes halogenated alkanes) is 1. The molecule has 2 aliphatic rings. The molecule has 8 nitrogen and oxygen atoms in total. The predicted octanol–water partition coefficient (Wildman–Crippen LogP) is 2.20. The summed E-state index contributed by atoms with van der Waals surface area (Å²) in [4.78, 5) is 12.8. The highest BCUT2D eigenvalue weighted by molar-refractivity contribution is 7.91. The van der Waals surface area contributed by atoms with Crippen molar-refractivity contribution < 1.29 is 42.0 Å². The Morgan fingerprint density at radius 3 is 2.44 bits per heavy atom. The van der Waals surface area contributed by atoms with E-state index in [4.69, 9.17) is 14.2 Å². The fourth-order valence-electron chi connectivity index (χ4n) is 4.51. The highest BCUT2D eigenvalue weighted by Gasteiger charge is 2.51. The van der Waals surface area contributed by atoms with Crippen LogP contribution in [0.25, 0.3) is 0 Å². The first-order chi connectivity index (χ1) is 16.2. The number of halogens is 1. The average molecular weight is 501 g/mol. The number of carbonyl (C=O) groups excluding carboxylic acids is 1. The monoisotopic (exact) mass is 500 g/mol. The Labute approximate surface area is 199 Å². The summed E-state index contributed by atoms with van der Waals surface area (Å²) >= 11 is 0. The van der Waals surface area contributed by atoms with Crippen LogP contribution in [0.5, 0.6) is 0 Å². The molecule has 1 saturated heterocycles. The molecule has 34 heavy (non-hydrogen) atoms. The molecule has 1 aliphatic heterocycles. The summed E-state index contributed by atoms with van der Waals surface area (Å²) in [6, 6.07) is 4.09. The summed E-state index contributed by atoms with van der Waals surface area (Å²) in [5.74, 6) is -3.00. The predicted molar refractivity (Wildman–Crippen MR) is 122 cm³/mol. The second-order valence-electron chi connectivity index (χ2n) is 8.66. The van der Waals surface area contributed by atoms with E-state index < -0.39 is 58.1 Å². The van der Waals surface area contributed by atoms with Crippen LogP contribution in [0.15, 0.2) is 29.8 Å². The molecule has 1 aromatic carbocycles. The van der Waals surface area contributed by atoms with Crippen molar-refractivity contribution >= 4 is 15.8 Å². The number of rotatable bonds is 10. The van der Waals surface area contributed by atoms with Crippen LogP contribution in [0.4, 0.5) is 4.39 Å². The summed E-state index contributed by atoms with van der Waals surface area (Å²) < 4.78 is 57.6. The Bertz CT molecular complexity index is 994. The second kappa shape index (κ2) is 11.3. The first-order valence-electron chi connectivity index (χ1n) is 11.6. The number of carbonyl (C=O) groups is 1. The molecule has 0 amide bonds. The van der Waals surface area contributed by atoms with Crippen molar-refractivity contribution in [1.82, 2.24) is 0 Å². The van der Waals surface area contributed by atoms with Gasteiger partial charge in [-0.2, -0.15) is 0 Å². The van der Waals surface area contributed by atoms with E-state index in [0.717, 1.165) is 12.8 Å². The maximum absolute atomic E-state index is 13.8. The number of aryl methyl sites for hydroxylation is 1. The largest absolute Gasteiger partial charge is 0.463 e. The molecule has 2 N–H and O–H groups in total. The number of aliphatic hydroxyl groups excluding tert-OH is 2. The Balaban J connectivity index is 1.94. The zero-order valence-corrected chi connectivity index (χ0v) is 20.4. The fourth-order valence-corrected chi connectivity index (χ4v) is 6.45. The van der Waals surface area contributed by atoms with Gasteiger partial charge in [0.15, 0.2) is 15.6 Å². The van der Waals surface area contributed by atoms with Gasteiger partial charge in [-0.15, -0.1) is 0 Å². The van der Waals surface area contributed by atoms with Gasteiger partial charge in [-0.1, -0.05) is 19.4 Å². The lowest BCUT2D eigenvalue weighted by Gasteiger charge is -2.33. The summed E-state index contributed by atoms with van der Waals surface area (Å²) in [5, 5.41) is 17.9.